The molecule has 0 spiro atoms. The number of hydrogen-bond acceptors (Lipinski definition) is 5. The number of hydrogen-bond donors (Lipinski definition) is 0. The van der Waals surface area contributed by atoms with Gasteiger partial charge in [-0.05, 0) is 36.0 Å². The average molecular weight is 367 g/mol. The first-order valence-corrected chi connectivity index (χ1v) is 9.22. The third-order valence-electron chi connectivity index (χ3n) is 3.08. The van der Waals surface area contributed by atoms with Crippen LogP contribution in [0.15, 0.2) is 43.0 Å². The van der Waals surface area contributed by atoms with Gasteiger partial charge in [0.25, 0.3) is 0 Å². The zero-order valence-electron chi connectivity index (χ0n) is 14.6. The number of carbonyl (C=O) groups is 1. The molecule has 0 N–H and O–H groups in total. The number of benzene rings is 1. The van der Waals surface area contributed by atoms with Gasteiger partial charge in [0.2, 0.25) is 4.38 Å². The van der Waals surface area contributed by atoms with Gasteiger partial charge in [0, 0.05) is 18.2 Å². The van der Waals surface area contributed by atoms with Crippen LogP contribution in [0.4, 0.5) is 4.79 Å². The number of aryl methyl sites for hydroxylation is 1. The molecule has 1 aromatic rings. The smallest absolute Gasteiger partial charge is 0.376 e. The van der Waals surface area contributed by atoms with Gasteiger partial charge in [-0.2, -0.15) is 0 Å². The van der Waals surface area contributed by atoms with Crippen molar-refractivity contribution in [3.8, 4) is 0 Å². The van der Waals surface area contributed by atoms with E-state index in [1.807, 2.05) is 39.0 Å². The summed E-state index contributed by atoms with van der Waals surface area (Å²) in [5, 5.41) is -0.422. The average Bonchev–Trinajstić information content (AvgIpc) is 2.51. The summed E-state index contributed by atoms with van der Waals surface area (Å²) < 4.78 is 11.1. The van der Waals surface area contributed by atoms with Crippen LogP contribution in [0.2, 0.25) is 0 Å². The Hall–Kier alpha value is -1.33. The Morgan fingerprint density at radius 3 is 2.58 bits per heavy atom. The van der Waals surface area contributed by atoms with Crippen molar-refractivity contribution in [3.05, 3.63) is 48.6 Å². The van der Waals surface area contributed by atoms with Crippen LogP contribution in [0, 0.1) is 5.41 Å². The van der Waals surface area contributed by atoms with Crippen LogP contribution in [0.1, 0.15) is 39.2 Å². The maximum Gasteiger partial charge on any atom is 0.376 e. The molecule has 0 bridgehead atoms. The lowest BCUT2D eigenvalue weighted by Crippen LogP contribution is -2.19. The summed E-state index contributed by atoms with van der Waals surface area (Å²) in [5.41, 5.74) is 1.22. The van der Waals surface area contributed by atoms with Gasteiger partial charge in [-0.15, -0.1) is 6.58 Å². The molecule has 1 atom stereocenters. The van der Waals surface area contributed by atoms with Crippen LogP contribution in [0.3, 0.4) is 0 Å². The summed E-state index contributed by atoms with van der Waals surface area (Å²) in [4.78, 5) is 12.0. The highest BCUT2D eigenvalue weighted by Gasteiger charge is 2.18. The predicted molar refractivity (Wildman–Crippen MR) is 105 cm³/mol. The molecule has 0 radical (unpaired) electrons. The van der Waals surface area contributed by atoms with E-state index in [2.05, 4.69) is 18.7 Å². The second-order valence-corrected chi connectivity index (χ2v) is 8.28. The van der Waals surface area contributed by atoms with Gasteiger partial charge in [0.05, 0.1) is 6.61 Å². The third-order valence-corrected chi connectivity index (χ3v) is 4.00. The summed E-state index contributed by atoms with van der Waals surface area (Å²) in [6, 6.07) is 10.1. The quantitative estimate of drug-likeness (QED) is 0.347. The fraction of sp³-hybridized carbons (Fsp3) is 0.474. The first kappa shape index (κ1) is 20.7. The SMILES string of the molecule is C=CCC(CCc1ccccc1)OC(=O)SC(=S)OCC(C)(C)C. The van der Waals surface area contributed by atoms with Crippen molar-refractivity contribution in [3.63, 3.8) is 0 Å². The molecule has 0 aliphatic rings. The van der Waals surface area contributed by atoms with E-state index in [9.17, 15) is 4.79 Å². The van der Waals surface area contributed by atoms with Crippen molar-refractivity contribution < 1.29 is 14.3 Å². The van der Waals surface area contributed by atoms with Crippen molar-refractivity contribution in [1.29, 1.82) is 0 Å². The first-order chi connectivity index (χ1) is 11.3. The molecule has 0 saturated carbocycles. The number of rotatable bonds is 7. The number of carbonyl (C=O) groups excluding carboxylic acids is 1. The minimum atomic E-state index is -0.422. The molecular formula is C19H26O3S2. The van der Waals surface area contributed by atoms with E-state index in [-0.39, 0.29) is 15.9 Å². The molecule has 0 amide bonds. The standard InChI is InChI=1S/C19H26O3S2/c1-5-9-16(13-12-15-10-7-6-8-11-15)22-17(20)24-18(23)21-14-19(2,3)4/h5-8,10-11,16H,1,9,12-14H2,2-4H3. The molecule has 3 nitrogen and oxygen atoms in total. The Bertz CT molecular complexity index is 535. The van der Waals surface area contributed by atoms with E-state index in [0.29, 0.717) is 13.0 Å². The van der Waals surface area contributed by atoms with Gasteiger partial charge in [-0.1, -0.05) is 57.2 Å². The molecule has 0 heterocycles. The second-order valence-electron chi connectivity index (χ2n) is 6.74. The minimum absolute atomic E-state index is 0.00438. The lowest BCUT2D eigenvalue weighted by Gasteiger charge is -2.19. The highest BCUT2D eigenvalue weighted by Crippen LogP contribution is 2.19. The normalized spacial score (nSPS) is 12.3. The summed E-state index contributed by atoms with van der Waals surface area (Å²) >= 11 is 5.91. The first-order valence-electron chi connectivity index (χ1n) is 8.00. The van der Waals surface area contributed by atoms with Gasteiger partial charge < -0.3 is 9.47 Å². The van der Waals surface area contributed by atoms with Crippen molar-refractivity contribution in [2.75, 3.05) is 6.61 Å². The molecule has 1 aromatic carbocycles. The topological polar surface area (TPSA) is 35.5 Å². The van der Waals surface area contributed by atoms with E-state index in [1.54, 1.807) is 6.08 Å². The summed E-state index contributed by atoms with van der Waals surface area (Å²) in [6.45, 7) is 10.3. The molecule has 0 saturated heterocycles. The highest BCUT2D eigenvalue weighted by atomic mass is 32.2. The van der Waals surface area contributed by atoms with Crippen molar-refractivity contribution >= 4 is 33.7 Å². The molecule has 1 unspecified atom stereocenters. The minimum Gasteiger partial charge on any atom is -0.478 e. The van der Waals surface area contributed by atoms with Crippen molar-refractivity contribution in [1.82, 2.24) is 0 Å². The van der Waals surface area contributed by atoms with E-state index in [1.165, 1.54) is 5.56 Å². The van der Waals surface area contributed by atoms with Gasteiger partial charge >= 0.3 is 5.30 Å². The molecule has 1 rings (SSSR count). The van der Waals surface area contributed by atoms with Gasteiger partial charge in [-0.3, -0.25) is 0 Å². The van der Waals surface area contributed by atoms with Crippen LogP contribution >= 0.6 is 24.0 Å². The van der Waals surface area contributed by atoms with Gasteiger partial charge in [-0.25, -0.2) is 4.79 Å². The lowest BCUT2D eigenvalue weighted by atomic mass is 9.99. The largest absolute Gasteiger partial charge is 0.478 e. The highest BCUT2D eigenvalue weighted by molar-refractivity contribution is 8.32. The molecule has 24 heavy (non-hydrogen) atoms. The third kappa shape index (κ3) is 9.73. The van der Waals surface area contributed by atoms with E-state index >= 15 is 0 Å². The zero-order chi connectivity index (χ0) is 18.0. The van der Waals surface area contributed by atoms with Crippen LogP contribution in [-0.4, -0.2) is 22.4 Å². The Balaban J connectivity index is 2.41. The van der Waals surface area contributed by atoms with Crippen LogP contribution < -0.4 is 0 Å². The number of thioether (sulfide) groups is 1. The number of ether oxygens (including phenoxy) is 2. The molecule has 0 fully saturated rings. The monoisotopic (exact) mass is 366 g/mol. The summed E-state index contributed by atoms with van der Waals surface area (Å²) in [7, 11) is 0. The molecule has 132 valence electrons. The Labute approximate surface area is 154 Å². The zero-order valence-corrected chi connectivity index (χ0v) is 16.3. The van der Waals surface area contributed by atoms with E-state index < -0.39 is 5.30 Å². The fourth-order valence-corrected chi connectivity index (χ4v) is 2.62. The maximum absolute atomic E-state index is 12.0. The summed E-state index contributed by atoms with van der Waals surface area (Å²) in [6.07, 6.45) is 3.78. The van der Waals surface area contributed by atoms with E-state index in [4.69, 9.17) is 21.7 Å². The molecular weight excluding hydrogens is 340 g/mol. The lowest BCUT2D eigenvalue weighted by molar-refractivity contribution is 0.119. The van der Waals surface area contributed by atoms with Gasteiger partial charge in [0.15, 0.2) is 0 Å². The molecule has 0 aliphatic heterocycles. The Morgan fingerprint density at radius 1 is 1.33 bits per heavy atom. The molecule has 5 heteroatoms. The van der Waals surface area contributed by atoms with Gasteiger partial charge in [0.1, 0.15) is 6.10 Å². The fourth-order valence-electron chi connectivity index (χ4n) is 1.92. The Kier molecular flexibility index (Phi) is 9.08. The van der Waals surface area contributed by atoms with Crippen molar-refractivity contribution in [2.45, 2.75) is 46.1 Å². The van der Waals surface area contributed by atoms with E-state index in [0.717, 1.165) is 24.6 Å². The number of thiocarbonyl (C=S) groups is 1. The Morgan fingerprint density at radius 2 is 2.00 bits per heavy atom. The predicted octanol–water partition coefficient (Wildman–Crippen LogP) is 5.78. The van der Waals surface area contributed by atoms with Crippen LogP contribution in [0.5, 0.6) is 0 Å². The summed E-state index contributed by atoms with van der Waals surface area (Å²) in [5.74, 6) is 0. The molecule has 0 aliphatic carbocycles. The van der Waals surface area contributed by atoms with Crippen LogP contribution in [-0.2, 0) is 15.9 Å². The van der Waals surface area contributed by atoms with Crippen molar-refractivity contribution in [2.24, 2.45) is 5.41 Å². The molecule has 0 aromatic heterocycles. The maximum atomic E-state index is 12.0. The van der Waals surface area contributed by atoms with Crippen LogP contribution in [0.25, 0.3) is 0 Å². The second kappa shape index (κ2) is 10.5.